The number of anilines is 1. The van der Waals surface area contributed by atoms with E-state index >= 15 is 0 Å². The molecule has 0 aliphatic carbocycles. The maximum absolute atomic E-state index is 12.3. The molecule has 0 saturated heterocycles. The molecule has 0 radical (unpaired) electrons. The predicted octanol–water partition coefficient (Wildman–Crippen LogP) is 3.76. The van der Waals surface area contributed by atoms with Crippen molar-refractivity contribution in [2.75, 3.05) is 5.32 Å². The number of amides is 1. The van der Waals surface area contributed by atoms with E-state index in [9.17, 15) is 14.4 Å². The molecular weight excluding hydrogens is 388 g/mol. The van der Waals surface area contributed by atoms with E-state index in [0.717, 1.165) is 11.1 Å². The number of hydrogen-bond donors (Lipinski definition) is 1. The van der Waals surface area contributed by atoms with Crippen LogP contribution in [0, 0.1) is 6.92 Å². The molecular formula is C22H20N2O6. The number of hydrogen-bond acceptors (Lipinski definition) is 7. The summed E-state index contributed by atoms with van der Waals surface area (Å²) in [5, 5.41) is 6.18. The average Bonchev–Trinajstić information content (AvgIpc) is 3.12. The summed E-state index contributed by atoms with van der Waals surface area (Å²) in [6.07, 6.45) is -1.01. The third-order valence-electron chi connectivity index (χ3n) is 4.10. The Balaban J connectivity index is 1.60. The molecule has 1 aromatic heterocycles. The van der Waals surface area contributed by atoms with E-state index in [1.165, 1.54) is 13.8 Å². The van der Waals surface area contributed by atoms with E-state index in [2.05, 4.69) is 10.5 Å². The van der Waals surface area contributed by atoms with Gasteiger partial charge in [-0.3, -0.25) is 9.59 Å². The summed E-state index contributed by atoms with van der Waals surface area (Å²) in [6, 6.07) is 15.3. The van der Waals surface area contributed by atoms with Gasteiger partial charge >= 0.3 is 11.9 Å². The van der Waals surface area contributed by atoms with E-state index in [-0.39, 0.29) is 11.8 Å². The molecule has 2 aromatic carbocycles. The monoisotopic (exact) mass is 408 g/mol. The Morgan fingerprint density at radius 3 is 2.13 bits per heavy atom. The van der Waals surface area contributed by atoms with E-state index in [4.69, 9.17) is 14.0 Å². The van der Waals surface area contributed by atoms with Crippen molar-refractivity contribution in [3.05, 3.63) is 65.9 Å². The van der Waals surface area contributed by atoms with Crippen LogP contribution in [-0.4, -0.2) is 29.1 Å². The molecule has 0 spiro atoms. The van der Waals surface area contributed by atoms with Gasteiger partial charge < -0.3 is 19.3 Å². The molecule has 0 aliphatic rings. The fourth-order valence-electron chi connectivity index (χ4n) is 2.62. The van der Waals surface area contributed by atoms with Gasteiger partial charge in [0.25, 0.3) is 5.91 Å². The van der Waals surface area contributed by atoms with Gasteiger partial charge in [-0.1, -0.05) is 29.4 Å². The van der Waals surface area contributed by atoms with Gasteiger partial charge in [0.05, 0.1) is 5.56 Å². The Morgan fingerprint density at radius 2 is 1.60 bits per heavy atom. The van der Waals surface area contributed by atoms with Crippen LogP contribution in [0.1, 0.15) is 30.0 Å². The summed E-state index contributed by atoms with van der Waals surface area (Å²) in [4.78, 5) is 35.4. The first-order chi connectivity index (χ1) is 14.3. The quantitative estimate of drug-likeness (QED) is 0.489. The molecule has 0 aliphatic heterocycles. The highest BCUT2D eigenvalue weighted by Crippen LogP contribution is 2.23. The largest absolute Gasteiger partial charge is 0.449 e. The fraction of sp³-hybridized carbons (Fsp3) is 0.182. The summed E-state index contributed by atoms with van der Waals surface area (Å²) >= 11 is 0. The summed E-state index contributed by atoms with van der Waals surface area (Å²) in [6.45, 7) is 4.51. The standard InChI is InChI=1S/C22H20N2O6/c1-13-12-20(24-30-13)23-21(26)14(2)28-22(27)18-6-4-16(5-7-18)17-8-10-19(11-9-17)29-15(3)25/h4-12,14H,1-3H3,(H,23,24,26)/t14-/m1/s1. The molecule has 1 N–H and O–H groups in total. The normalized spacial score (nSPS) is 11.4. The number of nitrogens with zero attached hydrogens (tertiary/aromatic N) is 1. The highest BCUT2D eigenvalue weighted by atomic mass is 16.5. The number of rotatable bonds is 6. The van der Waals surface area contributed by atoms with Crippen LogP contribution in [0.3, 0.4) is 0 Å². The van der Waals surface area contributed by atoms with Crippen molar-refractivity contribution < 1.29 is 28.4 Å². The Hall–Kier alpha value is -3.94. The first-order valence-electron chi connectivity index (χ1n) is 9.16. The highest BCUT2D eigenvalue weighted by molar-refractivity contribution is 5.97. The van der Waals surface area contributed by atoms with Gasteiger partial charge in [-0.25, -0.2) is 4.79 Å². The van der Waals surface area contributed by atoms with Crippen LogP contribution in [0.15, 0.2) is 59.1 Å². The molecule has 1 atom stereocenters. The van der Waals surface area contributed by atoms with Gasteiger partial charge in [0, 0.05) is 13.0 Å². The summed E-state index contributed by atoms with van der Waals surface area (Å²) in [5.41, 5.74) is 2.07. The van der Waals surface area contributed by atoms with Crippen LogP contribution >= 0.6 is 0 Å². The Morgan fingerprint density at radius 1 is 1.00 bits per heavy atom. The van der Waals surface area contributed by atoms with Gasteiger partial charge in [0.2, 0.25) is 0 Å². The summed E-state index contributed by atoms with van der Waals surface area (Å²) in [7, 11) is 0. The van der Waals surface area contributed by atoms with Crippen molar-refractivity contribution in [3.8, 4) is 16.9 Å². The molecule has 3 aromatic rings. The van der Waals surface area contributed by atoms with E-state index < -0.39 is 18.0 Å². The first kappa shape index (κ1) is 20.8. The predicted molar refractivity (Wildman–Crippen MR) is 108 cm³/mol. The SMILES string of the molecule is CC(=O)Oc1ccc(-c2ccc(C(=O)O[C@H](C)C(=O)Nc3cc(C)on3)cc2)cc1. The van der Waals surface area contributed by atoms with E-state index in [0.29, 0.717) is 17.1 Å². The van der Waals surface area contributed by atoms with Gasteiger partial charge in [0.15, 0.2) is 11.9 Å². The topological polar surface area (TPSA) is 108 Å². The lowest BCUT2D eigenvalue weighted by molar-refractivity contribution is -0.131. The Labute approximate surface area is 172 Å². The zero-order valence-electron chi connectivity index (χ0n) is 16.7. The minimum atomic E-state index is -1.01. The second-order valence-electron chi connectivity index (χ2n) is 6.55. The number of esters is 2. The van der Waals surface area contributed by atoms with Gasteiger partial charge in [-0.05, 0) is 49.2 Å². The second-order valence-corrected chi connectivity index (χ2v) is 6.55. The molecule has 1 heterocycles. The third kappa shape index (κ3) is 5.32. The lowest BCUT2D eigenvalue weighted by Gasteiger charge is -2.12. The highest BCUT2D eigenvalue weighted by Gasteiger charge is 2.20. The maximum atomic E-state index is 12.3. The number of aryl methyl sites for hydroxylation is 1. The van der Waals surface area contributed by atoms with Gasteiger partial charge in [-0.15, -0.1) is 0 Å². The van der Waals surface area contributed by atoms with Crippen LogP contribution < -0.4 is 10.1 Å². The minimum absolute atomic E-state index is 0.254. The molecule has 154 valence electrons. The molecule has 0 fully saturated rings. The van der Waals surface area contributed by atoms with Crippen LogP contribution in [0.5, 0.6) is 5.75 Å². The molecule has 0 bridgehead atoms. The smallest absolute Gasteiger partial charge is 0.338 e. The number of aromatic nitrogens is 1. The molecule has 30 heavy (non-hydrogen) atoms. The number of carbonyl (C=O) groups is 3. The summed E-state index contributed by atoms with van der Waals surface area (Å²) < 4.78 is 15.1. The second kappa shape index (κ2) is 9.04. The molecule has 1 amide bonds. The van der Waals surface area contributed by atoms with Crippen LogP contribution in [0.2, 0.25) is 0 Å². The molecule has 0 unspecified atom stereocenters. The first-order valence-corrected chi connectivity index (χ1v) is 9.16. The van der Waals surface area contributed by atoms with Crippen LogP contribution in [0.4, 0.5) is 5.82 Å². The van der Waals surface area contributed by atoms with Crippen molar-refractivity contribution in [3.63, 3.8) is 0 Å². The molecule has 8 heteroatoms. The average molecular weight is 408 g/mol. The lowest BCUT2D eigenvalue weighted by atomic mass is 10.0. The third-order valence-corrected chi connectivity index (χ3v) is 4.10. The van der Waals surface area contributed by atoms with Crippen molar-refractivity contribution in [2.24, 2.45) is 0 Å². The van der Waals surface area contributed by atoms with E-state index in [1.807, 2.05) is 12.1 Å². The maximum Gasteiger partial charge on any atom is 0.338 e. The van der Waals surface area contributed by atoms with Crippen LogP contribution in [0.25, 0.3) is 11.1 Å². The molecule has 3 rings (SSSR count). The van der Waals surface area contributed by atoms with Crippen molar-refractivity contribution in [1.29, 1.82) is 0 Å². The fourth-order valence-corrected chi connectivity index (χ4v) is 2.62. The van der Waals surface area contributed by atoms with E-state index in [1.54, 1.807) is 49.4 Å². The van der Waals surface area contributed by atoms with Crippen molar-refractivity contribution >= 4 is 23.7 Å². The zero-order chi connectivity index (χ0) is 21.7. The van der Waals surface area contributed by atoms with Crippen molar-refractivity contribution in [1.82, 2.24) is 5.16 Å². The van der Waals surface area contributed by atoms with Crippen molar-refractivity contribution in [2.45, 2.75) is 26.9 Å². The minimum Gasteiger partial charge on any atom is -0.449 e. The molecule has 8 nitrogen and oxygen atoms in total. The number of carbonyl (C=O) groups excluding carboxylic acids is 3. The summed E-state index contributed by atoms with van der Waals surface area (Å²) in [5.74, 6) is -0.253. The number of benzene rings is 2. The van der Waals surface area contributed by atoms with Crippen LogP contribution in [-0.2, 0) is 14.3 Å². The lowest BCUT2D eigenvalue weighted by Crippen LogP contribution is -2.30. The molecule has 0 saturated carbocycles. The number of ether oxygens (including phenoxy) is 2. The van der Waals surface area contributed by atoms with Gasteiger partial charge in [-0.2, -0.15) is 0 Å². The Bertz CT molecular complexity index is 1050. The van der Waals surface area contributed by atoms with Gasteiger partial charge in [0.1, 0.15) is 11.5 Å². The Kier molecular flexibility index (Phi) is 6.26. The number of nitrogens with one attached hydrogen (secondary N) is 1. The zero-order valence-corrected chi connectivity index (χ0v) is 16.7.